The van der Waals surface area contributed by atoms with Crippen molar-refractivity contribution in [2.45, 2.75) is 45.4 Å². The molecule has 0 saturated heterocycles. The molecule has 2 heteroatoms. The van der Waals surface area contributed by atoms with Gasteiger partial charge in [-0.05, 0) is 49.3 Å². The number of aryl methyl sites for hydroxylation is 2. The summed E-state index contributed by atoms with van der Waals surface area (Å²) in [7, 11) is 0. The van der Waals surface area contributed by atoms with Crippen LogP contribution < -0.4 is 0 Å². The highest BCUT2D eigenvalue weighted by atomic mass is 16.1. The SMILES string of the molecule is Cc1ccc(C)c2c1C(=O)CC1CCCC(=O)C21. The maximum absolute atomic E-state index is 12.3. The summed E-state index contributed by atoms with van der Waals surface area (Å²) in [4.78, 5) is 24.6. The molecule has 1 saturated carbocycles. The van der Waals surface area contributed by atoms with E-state index in [2.05, 4.69) is 0 Å². The molecule has 3 rings (SSSR count). The van der Waals surface area contributed by atoms with Gasteiger partial charge in [0.15, 0.2) is 5.78 Å². The van der Waals surface area contributed by atoms with Gasteiger partial charge in [0.05, 0.1) is 0 Å². The van der Waals surface area contributed by atoms with Gasteiger partial charge in [0.1, 0.15) is 5.78 Å². The number of Topliss-reactive ketones (excluding diaryl/α,β-unsaturated/α-hetero) is 2. The lowest BCUT2D eigenvalue weighted by atomic mass is 9.65. The number of benzene rings is 1. The number of hydrogen-bond acceptors (Lipinski definition) is 2. The van der Waals surface area contributed by atoms with Crippen LogP contribution in [0.1, 0.15) is 58.6 Å². The van der Waals surface area contributed by atoms with Gasteiger partial charge >= 0.3 is 0 Å². The molecule has 1 aromatic carbocycles. The fourth-order valence-electron chi connectivity index (χ4n) is 3.68. The standard InChI is InChI=1S/C16H18O2/c1-9-6-7-10(2)15-14(9)13(18)8-11-4-3-5-12(17)16(11)15/h6-7,11,16H,3-5,8H2,1-2H3. The van der Waals surface area contributed by atoms with Crippen LogP contribution in [0.4, 0.5) is 0 Å². The Kier molecular flexibility index (Phi) is 2.61. The van der Waals surface area contributed by atoms with Crippen molar-refractivity contribution in [1.82, 2.24) is 0 Å². The zero-order valence-corrected chi connectivity index (χ0v) is 11.0. The average Bonchev–Trinajstić information content (AvgIpc) is 2.33. The Morgan fingerprint density at radius 3 is 2.61 bits per heavy atom. The van der Waals surface area contributed by atoms with Gasteiger partial charge in [0.2, 0.25) is 0 Å². The van der Waals surface area contributed by atoms with Crippen LogP contribution in [0.5, 0.6) is 0 Å². The number of rotatable bonds is 0. The monoisotopic (exact) mass is 242 g/mol. The van der Waals surface area contributed by atoms with E-state index < -0.39 is 0 Å². The molecule has 0 heterocycles. The van der Waals surface area contributed by atoms with Gasteiger partial charge in [-0.3, -0.25) is 9.59 Å². The number of fused-ring (bicyclic) bond motifs is 3. The van der Waals surface area contributed by atoms with Gasteiger partial charge in [0, 0.05) is 24.3 Å². The Hall–Kier alpha value is -1.44. The summed E-state index contributed by atoms with van der Waals surface area (Å²) in [5.41, 5.74) is 4.01. The van der Waals surface area contributed by atoms with Gasteiger partial charge in [-0.25, -0.2) is 0 Å². The lowest BCUT2D eigenvalue weighted by molar-refractivity contribution is -0.123. The predicted molar refractivity (Wildman–Crippen MR) is 70.0 cm³/mol. The van der Waals surface area contributed by atoms with E-state index in [0.717, 1.165) is 35.1 Å². The highest BCUT2D eigenvalue weighted by Crippen LogP contribution is 2.45. The maximum atomic E-state index is 12.3. The molecule has 2 aliphatic rings. The van der Waals surface area contributed by atoms with Crippen LogP contribution in [-0.4, -0.2) is 11.6 Å². The van der Waals surface area contributed by atoms with Crippen molar-refractivity contribution in [1.29, 1.82) is 0 Å². The minimum Gasteiger partial charge on any atom is -0.299 e. The first-order valence-electron chi connectivity index (χ1n) is 6.75. The molecule has 0 radical (unpaired) electrons. The molecule has 18 heavy (non-hydrogen) atoms. The van der Waals surface area contributed by atoms with Gasteiger partial charge < -0.3 is 0 Å². The number of ketones is 2. The van der Waals surface area contributed by atoms with Gasteiger partial charge in [-0.1, -0.05) is 12.1 Å². The molecule has 0 aliphatic heterocycles. The van der Waals surface area contributed by atoms with E-state index in [4.69, 9.17) is 0 Å². The highest BCUT2D eigenvalue weighted by Gasteiger charge is 2.41. The van der Waals surface area contributed by atoms with Gasteiger partial charge in [0.25, 0.3) is 0 Å². The molecule has 2 atom stereocenters. The van der Waals surface area contributed by atoms with Gasteiger partial charge in [-0.2, -0.15) is 0 Å². The zero-order chi connectivity index (χ0) is 12.9. The normalized spacial score (nSPS) is 26.8. The first-order valence-corrected chi connectivity index (χ1v) is 6.75. The summed E-state index contributed by atoms with van der Waals surface area (Å²) in [6.45, 7) is 4.00. The summed E-state index contributed by atoms with van der Waals surface area (Å²) in [6, 6.07) is 4.05. The van der Waals surface area contributed by atoms with Gasteiger partial charge in [-0.15, -0.1) is 0 Å². The Balaban J connectivity index is 2.23. The largest absolute Gasteiger partial charge is 0.299 e. The van der Waals surface area contributed by atoms with Crippen molar-refractivity contribution >= 4 is 11.6 Å². The molecule has 2 nitrogen and oxygen atoms in total. The molecule has 0 aromatic heterocycles. The molecule has 0 N–H and O–H groups in total. The lowest BCUT2D eigenvalue weighted by Crippen LogP contribution is -2.34. The van der Waals surface area contributed by atoms with E-state index >= 15 is 0 Å². The van der Waals surface area contributed by atoms with E-state index in [1.807, 2.05) is 26.0 Å². The minimum absolute atomic E-state index is 0.00801. The van der Waals surface area contributed by atoms with Crippen molar-refractivity contribution < 1.29 is 9.59 Å². The second kappa shape index (κ2) is 4.04. The molecule has 0 amide bonds. The van der Waals surface area contributed by atoms with E-state index in [-0.39, 0.29) is 17.6 Å². The zero-order valence-electron chi connectivity index (χ0n) is 11.0. The van der Waals surface area contributed by atoms with Crippen LogP contribution in [-0.2, 0) is 4.79 Å². The van der Waals surface area contributed by atoms with Crippen LogP contribution in [0.2, 0.25) is 0 Å². The summed E-state index contributed by atoms with van der Waals surface area (Å²) >= 11 is 0. The molecule has 1 aromatic rings. The molecule has 0 bridgehead atoms. The van der Waals surface area contributed by atoms with E-state index in [0.29, 0.717) is 18.6 Å². The van der Waals surface area contributed by atoms with E-state index in [1.54, 1.807) is 0 Å². The molecule has 2 unspecified atom stereocenters. The summed E-state index contributed by atoms with van der Waals surface area (Å²) in [6.07, 6.45) is 3.22. The van der Waals surface area contributed by atoms with Crippen molar-refractivity contribution in [3.63, 3.8) is 0 Å². The minimum atomic E-state index is -0.00801. The topological polar surface area (TPSA) is 34.1 Å². The maximum Gasteiger partial charge on any atom is 0.163 e. The predicted octanol–water partition coefficient (Wildman–Crippen LogP) is 3.34. The van der Waals surface area contributed by atoms with Crippen molar-refractivity contribution in [2.24, 2.45) is 5.92 Å². The highest BCUT2D eigenvalue weighted by molar-refractivity contribution is 6.04. The summed E-state index contributed by atoms with van der Waals surface area (Å²) in [5.74, 6) is 0.828. The molecular formula is C16H18O2. The Morgan fingerprint density at radius 2 is 1.83 bits per heavy atom. The van der Waals surface area contributed by atoms with Crippen LogP contribution in [0.15, 0.2) is 12.1 Å². The fraction of sp³-hybridized carbons (Fsp3) is 0.500. The summed E-state index contributed by atoms with van der Waals surface area (Å²) in [5, 5.41) is 0. The molecule has 94 valence electrons. The van der Waals surface area contributed by atoms with E-state index in [9.17, 15) is 9.59 Å². The second-order valence-electron chi connectivity index (χ2n) is 5.71. The van der Waals surface area contributed by atoms with Crippen molar-refractivity contribution in [3.8, 4) is 0 Å². The third kappa shape index (κ3) is 1.55. The average molecular weight is 242 g/mol. The van der Waals surface area contributed by atoms with Crippen LogP contribution in [0.3, 0.4) is 0 Å². The second-order valence-corrected chi connectivity index (χ2v) is 5.71. The van der Waals surface area contributed by atoms with Crippen LogP contribution >= 0.6 is 0 Å². The van der Waals surface area contributed by atoms with Crippen LogP contribution in [0.25, 0.3) is 0 Å². The van der Waals surface area contributed by atoms with Crippen molar-refractivity contribution in [2.75, 3.05) is 0 Å². The molecular weight excluding hydrogens is 224 g/mol. The first-order chi connectivity index (χ1) is 8.59. The Labute approximate surface area is 107 Å². The third-order valence-electron chi connectivity index (χ3n) is 4.53. The molecule has 1 fully saturated rings. The van der Waals surface area contributed by atoms with E-state index in [1.165, 1.54) is 0 Å². The number of carbonyl (C=O) groups excluding carboxylic acids is 2. The smallest absolute Gasteiger partial charge is 0.163 e. The summed E-state index contributed by atoms with van der Waals surface area (Å²) < 4.78 is 0. The Bertz CT molecular complexity index is 542. The van der Waals surface area contributed by atoms with Crippen LogP contribution in [0, 0.1) is 19.8 Å². The third-order valence-corrected chi connectivity index (χ3v) is 4.53. The lowest BCUT2D eigenvalue weighted by Gasteiger charge is -2.36. The fourth-order valence-corrected chi connectivity index (χ4v) is 3.68. The number of carbonyl (C=O) groups is 2. The molecule has 0 spiro atoms. The quantitative estimate of drug-likeness (QED) is 0.699. The molecule has 2 aliphatic carbocycles. The first kappa shape index (κ1) is 11.6. The number of hydrogen-bond donors (Lipinski definition) is 0. The Morgan fingerprint density at radius 1 is 1.11 bits per heavy atom. The van der Waals surface area contributed by atoms with Crippen molar-refractivity contribution in [3.05, 3.63) is 34.4 Å².